The average molecular weight is 1130 g/mol. The summed E-state index contributed by atoms with van der Waals surface area (Å²) < 4.78 is 24.6. The van der Waals surface area contributed by atoms with Gasteiger partial charge in [-0.15, -0.1) is 32.9 Å². The van der Waals surface area contributed by atoms with Gasteiger partial charge in [0, 0.05) is 53.4 Å². The lowest BCUT2D eigenvalue weighted by Crippen LogP contribution is -2.58. The number of thiazole rings is 1. The van der Waals surface area contributed by atoms with Crippen LogP contribution in [0.15, 0.2) is 59.0 Å². The number of amides is 4. The van der Waals surface area contributed by atoms with Crippen molar-refractivity contribution in [3.63, 3.8) is 0 Å². The molecule has 2 aromatic carbocycles. The number of esters is 1. The number of carboxylic acids is 1. The zero-order valence-electron chi connectivity index (χ0n) is 45.0. The van der Waals surface area contributed by atoms with Crippen LogP contribution in [0, 0.1) is 33.1 Å². The van der Waals surface area contributed by atoms with Gasteiger partial charge in [-0.05, 0) is 74.8 Å². The number of aromatic nitrogens is 4. The topological polar surface area (TPSA) is 255 Å². The number of nitrogens with one attached hydrogen (secondary N) is 3. The van der Waals surface area contributed by atoms with E-state index in [2.05, 4.69) is 45.0 Å². The average Bonchev–Trinajstić information content (AvgIpc) is 4.37. The predicted molar refractivity (Wildman–Crippen MR) is 295 cm³/mol. The second-order valence-electron chi connectivity index (χ2n) is 20.2. The van der Waals surface area contributed by atoms with Crippen LogP contribution in [0.2, 0.25) is 5.02 Å². The number of ether oxygens (including phenoxy) is 4. The number of carboxylic acid groups (broad SMARTS) is 1. The van der Waals surface area contributed by atoms with Gasteiger partial charge in [0.05, 0.1) is 67.8 Å². The van der Waals surface area contributed by atoms with Gasteiger partial charge in [-0.3, -0.25) is 38.3 Å². The first kappa shape index (κ1) is 59.2. The zero-order valence-corrected chi connectivity index (χ0v) is 47.4. The summed E-state index contributed by atoms with van der Waals surface area (Å²) in [6.07, 6.45) is -0.205. The first-order valence-electron chi connectivity index (χ1n) is 25.9. The van der Waals surface area contributed by atoms with E-state index in [0.717, 1.165) is 54.0 Å². The predicted octanol–water partition coefficient (Wildman–Crippen LogP) is 6.79. The van der Waals surface area contributed by atoms with Crippen molar-refractivity contribution < 1.29 is 52.8 Å². The number of aryl methyl sites for hydroxylation is 3. The molecule has 1 saturated heterocycles. The Labute approximate surface area is 466 Å². The maximum Gasteiger partial charge on any atom is 0.306 e. The fourth-order valence-corrected chi connectivity index (χ4v) is 11.2. The van der Waals surface area contributed by atoms with E-state index in [9.17, 15) is 28.8 Å². The minimum Gasteiger partial charge on any atom is -0.481 e. The Hall–Kier alpha value is -6.43. The van der Waals surface area contributed by atoms with Crippen LogP contribution in [-0.2, 0) is 54.3 Å². The molecule has 7 rings (SSSR count). The lowest BCUT2D eigenvalue weighted by atomic mass is 9.85. The Morgan fingerprint density at radius 1 is 0.846 bits per heavy atom. The summed E-state index contributed by atoms with van der Waals surface area (Å²) in [7, 11) is 0. The lowest BCUT2D eigenvalue weighted by Gasteiger charge is -2.35. The summed E-state index contributed by atoms with van der Waals surface area (Å²) in [6.45, 7) is 14.3. The number of thiophene rings is 1. The van der Waals surface area contributed by atoms with Crippen LogP contribution in [0.4, 0.5) is 0 Å². The van der Waals surface area contributed by atoms with E-state index in [4.69, 9.17) is 40.6 Å². The molecule has 0 unspecified atom stereocenters. The van der Waals surface area contributed by atoms with E-state index < -0.39 is 59.3 Å². The molecule has 78 heavy (non-hydrogen) atoms. The Morgan fingerprint density at radius 3 is 2.21 bits per heavy atom. The molecule has 2 aliphatic rings. The van der Waals surface area contributed by atoms with E-state index >= 15 is 0 Å². The van der Waals surface area contributed by atoms with Gasteiger partial charge < -0.3 is 44.9 Å². The van der Waals surface area contributed by atoms with Crippen molar-refractivity contribution in [2.45, 2.75) is 118 Å². The number of likely N-dealkylation sites (tertiary alicyclic amines) is 1. The Bertz CT molecular complexity index is 2950. The number of aliphatic carboxylic acids is 1. The molecule has 0 bridgehead atoms. The number of fused-ring (bicyclic) bond motifs is 3. The van der Waals surface area contributed by atoms with Crippen LogP contribution in [0.3, 0.4) is 0 Å². The molecular formula is C55H68ClN9O11S2. The molecule has 23 heteroatoms. The lowest BCUT2D eigenvalue weighted by molar-refractivity contribution is -0.150. The van der Waals surface area contributed by atoms with Gasteiger partial charge in [-0.2, -0.15) is 0 Å². The SMILES string of the molecule is Cc1ncsc1-c1ccc(CNC(=O)[C@@H]2C[C@@H](OC(=O)CCCCC(=O)O)CN2C(=O)[C@@H](NC(=O)COCCOCCOCCNC(=O)C[C@@H]2N=C(c3ccc(Cl)cc3)c3c(sc(C)c3C)-n3c(C)nnc32)C(C)(C)C)cc1. The molecule has 4 amide bonds. The Balaban J connectivity index is 0.838. The second kappa shape index (κ2) is 27.4. The van der Waals surface area contributed by atoms with Crippen LogP contribution >= 0.6 is 34.3 Å². The van der Waals surface area contributed by atoms with Gasteiger partial charge in [0.25, 0.3) is 0 Å². The van der Waals surface area contributed by atoms with Crippen LogP contribution in [0.1, 0.15) is 110 Å². The van der Waals surface area contributed by atoms with Gasteiger partial charge in [0.2, 0.25) is 23.6 Å². The number of carbonyl (C=O) groups excluding carboxylic acids is 5. The van der Waals surface area contributed by atoms with Crippen LogP contribution in [0.5, 0.6) is 0 Å². The van der Waals surface area contributed by atoms with Gasteiger partial charge in [-0.25, -0.2) is 4.98 Å². The summed E-state index contributed by atoms with van der Waals surface area (Å²) in [4.78, 5) is 91.8. The standard InChI is InChI=1S/C55H68ClN9O11S2/c1-32-34(3)78-54-47(32)48(37-16-18-39(56)19-17-37)60-41(51-63-62-35(4)65(51)54)27-43(66)57-20-21-73-22-23-74-24-25-75-30-44(67)61-50(55(5,6)7)53(72)64-29-40(76-46(70)11-9-8-10-45(68)69)26-42(64)52(71)58-28-36-12-14-38(15-13-36)49-33(2)59-31-77-49/h12-19,31,40-42,50H,8-11,20-30H2,1-7H3,(H,57,66)(H,58,71)(H,61,67)(H,68,69)/t40-,41+,42+,50-/m1/s1. The van der Waals surface area contributed by atoms with Gasteiger partial charge in [-0.1, -0.05) is 68.8 Å². The number of carbonyl (C=O) groups is 6. The minimum atomic E-state index is -1.08. The van der Waals surface area contributed by atoms with E-state index in [1.165, 1.54) is 4.90 Å². The van der Waals surface area contributed by atoms with Crippen LogP contribution in [0.25, 0.3) is 15.4 Å². The maximum atomic E-state index is 14.4. The van der Waals surface area contributed by atoms with E-state index in [-0.39, 0.29) is 90.9 Å². The van der Waals surface area contributed by atoms with Gasteiger partial charge in [0.15, 0.2) is 5.82 Å². The summed E-state index contributed by atoms with van der Waals surface area (Å²) >= 11 is 9.42. The van der Waals surface area contributed by atoms with Crippen molar-refractivity contribution in [1.29, 1.82) is 0 Å². The molecule has 5 aromatic rings. The molecule has 4 N–H and O–H groups in total. The minimum absolute atomic E-state index is 0.0106. The fourth-order valence-electron chi connectivity index (χ4n) is 9.09. The number of unbranched alkanes of at least 4 members (excludes halogenated alkanes) is 1. The summed E-state index contributed by atoms with van der Waals surface area (Å²) in [5.41, 5.74) is 7.48. The molecule has 5 heterocycles. The molecule has 0 spiro atoms. The molecule has 0 radical (unpaired) electrons. The fraction of sp³-hybridized carbons (Fsp3) is 0.491. The highest BCUT2D eigenvalue weighted by Gasteiger charge is 2.46. The first-order valence-corrected chi connectivity index (χ1v) is 28.0. The van der Waals surface area contributed by atoms with Crippen molar-refractivity contribution in [1.82, 2.24) is 40.6 Å². The number of nitrogens with zero attached hydrogens (tertiary/aromatic N) is 6. The molecule has 418 valence electrons. The quantitative estimate of drug-likeness (QED) is 0.0329. The molecule has 1 fully saturated rings. The number of aliphatic imine (C=N–C) groups is 1. The van der Waals surface area contributed by atoms with Crippen molar-refractivity contribution in [3.05, 3.63) is 104 Å². The number of rotatable bonds is 26. The number of hydrogen-bond acceptors (Lipinski definition) is 16. The largest absolute Gasteiger partial charge is 0.481 e. The summed E-state index contributed by atoms with van der Waals surface area (Å²) in [5, 5.41) is 28.0. The maximum absolute atomic E-state index is 14.4. The molecular weight excluding hydrogens is 1060 g/mol. The van der Waals surface area contributed by atoms with E-state index in [1.807, 2.05) is 66.9 Å². The third kappa shape index (κ3) is 15.7. The van der Waals surface area contributed by atoms with E-state index in [0.29, 0.717) is 29.5 Å². The van der Waals surface area contributed by atoms with Gasteiger partial charge >= 0.3 is 11.9 Å². The summed E-state index contributed by atoms with van der Waals surface area (Å²) in [6, 6.07) is 12.6. The molecule has 4 atom stereocenters. The molecule has 0 saturated carbocycles. The van der Waals surface area contributed by atoms with Crippen LogP contribution in [-0.4, -0.2) is 142 Å². The van der Waals surface area contributed by atoms with Crippen LogP contribution < -0.4 is 16.0 Å². The van der Waals surface area contributed by atoms with Crippen molar-refractivity contribution in [2.24, 2.45) is 10.4 Å². The number of hydrogen-bond donors (Lipinski definition) is 4. The molecule has 0 aliphatic carbocycles. The van der Waals surface area contributed by atoms with Crippen molar-refractivity contribution >= 4 is 75.6 Å². The Morgan fingerprint density at radius 2 is 1.53 bits per heavy atom. The number of benzene rings is 2. The smallest absolute Gasteiger partial charge is 0.306 e. The highest BCUT2D eigenvalue weighted by Crippen LogP contribution is 2.40. The number of halogens is 1. The Kier molecular flexibility index (Phi) is 20.8. The molecule has 3 aromatic heterocycles. The van der Waals surface area contributed by atoms with Crippen molar-refractivity contribution in [2.75, 3.05) is 52.7 Å². The van der Waals surface area contributed by atoms with E-state index in [1.54, 1.807) is 49.0 Å². The summed E-state index contributed by atoms with van der Waals surface area (Å²) in [5.74, 6) is -1.97. The normalized spacial score (nSPS) is 16.4. The first-order chi connectivity index (χ1) is 37.3. The third-order valence-electron chi connectivity index (χ3n) is 13.3. The zero-order chi connectivity index (χ0) is 56.1. The van der Waals surface area contributed by atoms with Gasteiger partial charge in [0.1, 0.15) is 41.7 Å². The molecule has 2 aliphatic heterocycles. The highest BCUT2D eigenvalue weighted by atomic mass is 35.5. The highest BCUT2D eigenvalue weighted by molar-refractivity contribution is 7.15. The third-order valence-corrected chi connectivity index (χ3v) is 15.7. The second-order valence-corrected chi connectivity index (χ2v) is 22.7. The molecule has 20 nitrogen and oxygen atoms in total. The van der Waals surface area contributed by atoms with Crippen molar-refractivity contribution in [3.8, 4) is 15.4 Å². The monoisotopic (exact) mass is 1130 g/mol.